The fraction of sp³-hybridized carbons (Fsp3) is 0.273. The number of carbonyl (C=O) groups is 2. The lowest BCUT2D eigenvalue weighted by molar-refractivity contribution is -0.133. The lowest BCUT2D eigenvalue weighted by Gasteiger charge is -2.20. The molecule has 0 aliphatic rings. The summed E-state index contributed by atoms with van der Waals surface area (Å²) in [4.78, 5) is 21.6. The highest BCUT2D eigenvalue weighted by Gasteiger charge is 2.28. The maximum atomic E-state index is 11.3. The van der Waals surface area contributed by atoms with Gasteiger partial charge < -0.3 is 0 Å². The molecule has 13 heavy (non-hydrogen) atoms. The fourth-order valence-corrected chi connectivity index (χ4v) is 1.14. The average molecular weight is 176 g/mol. The van der Waals surface area contributed by atoms with E-state index >= 15 is 0 Å². The number of rotatable bonds is 3. The number of ketones is 1. The Morgan fingerprint density at radius 2 is 1.77 bits per heavy atom. The van der Waals surface area contributed by atoms with E-state index in [1.54, 1.807) is 13.8 Å². The predicted molar refractivity (Wildman–Crippen MR) is 50.5 cm³/mol. The Morgan fingerprint density at radius 1 is 1.23 bits per heavy atom. The zero-order valence-electron chi connectivity index (χ0n) is 7.78. The molecule has 1 rings (SSSR count). The van der Waals surface area contributed by atoms with Crippen LogP contribution in [0, 0.1) is 0 Å². The van der Waals surface area contributed by atoms with Crippen LogP contribution in [0.3, 0.4) is 0 Å². The maximum Gasteiger partial charge on any atom is 0.205 e. The molecule has 1 aromatic carbocycles. The van der Waals surface area contributed by atoms with Crippen molar-refractivity contribution < 1.29 is 9.59 Å². The van der Waals surface area contributed by atoms with Crippen LogP contribution in [-0.2, 0) is 15.0 Å². The minimum absolute atomic E-state index is 0.382. The summed E-state index contributed by atoms with van der Waals surface area (Å²) in [6, 6.07) is 9.29. The molecular weight excluding hydrogens is 164 g/mol. The second kappa shape index (κ2) is 3.52. The highest BCUT2D eigenvalue weighted by Crippen LogP contribution is 2.22. The molecular formula is C11H12O2. The van der Waals surface area contributed by atoms with Crippen LogP contribution in [0.5, 0.6) is 0 Å². The monoisotopic (exact) mass is 176 g/mol. The molecule has 68 valence electrons. The van der Waals surface area contributed by atoms with Crippen molar-refractivity contribution in [3.8, 4) is 0 Å². The first-order valence-electron chi connectivity index (χ1n) is 4.14. The maximum absolute atomic E-state index is 11.3. The number of hydrogen-bond acceptors (Lipinski definition) is 2. The Morgan fingerprint density at radius 3 is 2.23 bits per heavy atom. The normalized spacial score (nSPS) is 10.9. The predicted octanol–water partition coefficient (Wildman–Crippen LogP) is 1.73. The van der Waals surface area contributed by atoms with Crippen molar-refractivity contribution in [2.24, 2.45) is 0 Å². The van der Waals surface area contributed by atoms with Gasteiger partial charge >= 0.3 is 0 Å². The van der Waals surface area contributed by atoms with Crippen molar-refractivity contribution in [3.63, 3.8) is 0 Å². The molecule has 0 radical (unpaired) electrons. The molecule has 0 N–H and O–H groups in total. The molecule has 2 heteroatoms. The molecule has 0 heterocycles. The lowest BCUT2D eigenvalue weighted by Crippen LogP contribution is -2.29. The summed E-state index contributed by atoms with van der Waals surface area (Å²) in [7, 11) is 0. The molecule has 1 aromatic rings. The summed E-state index contributed by atoms with van der Waals surface area (Å²) < 4.78 is 0. The number of Topliss-reactive ketones (excluding diaryl/α,β-unsaturated/α-hetero) is 1. The standard InChI is InChI=1S/C11H12O2/c1-11(2,10(13)8-12)9-6-4-3-5-7-9/h3-8H,1-2H3. The number of hydrogen-bond donors (Lipinski definition) is 0. The van der Waals surface area contributed by atoms with E-state index in [-0.39, 0.29) is 0 Å². The van der Waals surface area contributed by atoms with E-state index in [0.717, 1.165) is 5.56 Å². The van der Waals surface area contributed by atoms with Gasteiger partial charge in [-0.15, -0.1) is 0 Å². The summed E-state index contributed by atoms with van der Waals surface area (Å²) in [5, 5.41) is 0. The second-order valence-electron chi connectivity index (χ2n) is 3.47. The van der Waals surface area contributed by atoms with Gasteiger partial charge in [-0.25, -0.2) is 0 Å². The van der Waals surface area contributed by atoms with Gasteiger partial charge in [0.15, 0.2) is 6.29 Å². The zero-order chi connectivity index (χ0) is 9.90. The topological polar surface area (TPSA) is 34.1 Å². The molecule has 2 nitrogen and oxygen atoms in total. The first kappa shape index (κ1) is 9.65. The molecule has 0 atom stereocenters. The Labute approximate surface area is 77.6 Å². The van der Waals surface area contributed by atoms with Gasteiger partial charge in [-0.05, 0) is 19.4 Å². The summed E-state index contributed by atoms with van der Waals surface area (Å²) >= 11 is 0. The first-order valence-corrected chi connectivity index (χ1v) is 4.14. The molecule has 0 aromatic heterocycles. The van der Waals surface area contributed by atoms with Gasteiger partial charge in [0.05, 0.1) is 5.41 Å². The van der Waals surface area contributed by atoms with Crippen molar-refractivity contribution >= 4 is 12.1 Å². The van der Waals surface area contributed by atoms with Crippen molar-refractivity contribution in [2.45, 2.75) is 19.3 Å². The van der Waals surface area contributed by atoms with E-state index in [0.29, 0.717) is 6.29 Å². The number of carbonyl (C=O) groups excluding carboxylic acids is 2. The summed E-state index contributed by atoms with van der Waals surface area (Å²) in [5.74, 6) is -0.390. The van der Waals surface area contributed by atoms with Gasteiger partial charge in [0, 0.05) is 0 Å². The third-order valence-corrected chi connectivity index (χ3v) is 2.22. The molecule has 0 aliphatic heterocycles. The Balaban J connectivity index is 3.07. The SMILES string of the molecule is CC(C)(C(=O)C=O)c1ccccc1. The molecule has 0 aliphatic carbocycles. The molecule has 0 unspecified atom stereocenters. The lowest BCUT2D eigenvalue weighted by atomic mass is 9.81. The number of aldehydes is 1. The number of benzene rings is 1. The van der Waals surface area contributed by atoms with Crippen LogP contribution < -0.4 is 0 Å². The van der Waals surface area contributed by atoms with Crippen LogP contribution in [0.25, 0.3) is 0 Å². The Bertz CT molecular complexity index is 312. The largest absolute Gasteiger partial charge is 0.295 e. The van der Waals surface area contributed by atoms with Gasteiger partial charge in [-0.3, -0.25) is 9.59 Å². The van der Waals surface area contributed by atoms with Crippen molar-refractivity contribution in [1.82, 2.24) is 0 Å². The summed E-state index contributed by atoms with van der Waals surface area (Å²) in [6.07, 6.45) is 0.382. The van der Waals surface area contributed by atoms with E-state index < -0.39 is 11.2 Å². The third-order valence-electron chi connectivity index (χ3n) is 2.22. The second-order valence-corrected chi connectivity index (χ2v) is 3.47. The van der Waals surface area contributed by atoms with Crippen molar-refractivity contribution in [3.05, 3.63) is 35.9 Å². The Hall–Kier alpha value is -1.44. The third kappa shape index (κ3) is 1.83. The van der Waals surface area contributed by atoms with Crippen LogP contribution >= 0.6 is 0 Å². The van der Waals surface area contributed by atoms with Crippen LogP contribution in [0.1, 0.15) is 19.4 Å². The smallest absolute Gasteiger partial charge is 0.205 e. The summed E-state index contributed by atoms with van der Waals surface area (Å²) in [5.41, 5.74) is 0.162. The molecule has 0 bridgehead atoms. The van der Waals surface area contributed by atoms with E-state index in [4.69, 9.17) is 0 Å². The van der Waals surface area contributed by atoms with Crippen LogP contribution in [0.15, 0.2) is 30.3 Å². The Kier molecular flexibility index (Phi) is 2.61. The minimum Gasteiger partial charge on any atom is -0.295 e. The molecule has 0 fully saturated rings. The molecule has 0 amide bonds. The summed E-state index contributed by atoms with van der Waals surface area (Å²) in [6.45, 7) is 3.50. The van der Waals surface area contributed by atoms with Gasteiger partial charge in [-0.2, -0.15) is 0 Å². The van der Waals surface area contributed by atoms with E-state index in [1.807, 2.05) is 30.3 Å². The van der Waals surface area contributed by atoms with Gasteiger partial charge in [0.2, 0.25) is 5.78 Å². The minimum atomic E-state index is -0.705. The van der Waals surface area contributed by atoms with E-state index in [9.17, 15) is 9.59 Å². The van der Waals surface area contributed by atoms with Crippen molar-refractivity contribution in [1.29, 1.82) is 0 Å². The zero-order valence-corrected chi connectivity index (χ0v) is 7.78. The molecule has 0 spiro atoms. The van der Waals surface area contributed by atoms with E-state index in [2.05, 4.69) is 0 Å². The van der Waals surface area contributed by atoms with Crippen LogP contribution in [-0.4, -0.2) is 12.1 Å². The van der Waals surface area contributed by atoms with E-state index in [1.165, 1.54) is 0 Å². The van der Waals surface area contributed by atoms with Gasteiger partial charge in [0.1, 0.15) is 0 Å². The van der Waals surface area contributed by atoms with Crippen LogP contribution in [0.4, 0.5) is 0 Å². The highest BCUT2D eigenvalue weighted by atomic mass is 16.2. The van der Waals surface area contributed by atoms with Crippen LogP contribution in [0.2, 0.25) is 0 Å². The molecule has 0 saturated carbocycles. The quantitative estimate of drug-likeness (QED) is 0.519. The fourth-order valence-electron chi connectivity index (χ4n) is 1.14. The van der Waals surface area contributed by atoms with Gasteiger partial charge in [-0.1, -0.05) is 30.3 Å². The first-order chi connectivity index (χ1) is 6.09. The van der Waals surface area contributed by atoms with Gasteiger partial charge in [0.25, 0.3) is 0 Å². The molecule has 0 saturated heterocycles. The highest BCUT2D eigenvalue weighted by molar-refractivity contribution is 6.29. The van der Waals surface area contributed by atoms with Crippen molar-refractivity contribution in [2.75, 3.05) is 0 Å². The average Bonchev–Trinajstić information content (AvgIpc) is 2.18.